The molecule has 11 heteroatoms. The molecule has 0 saturated carbocycles. The largest absolute Gasteiger partial charge is 0.573 e. The van der Waals surface area contributed by atoms with E-state index in [1.165, 1.54) is 7.11 Å². The molecule has 0 aliphatic heterocycles. The molecule has 0 aromatic heterocycles. The van der Waals surface area contributed by atoms with Crippen LogP contribution in [0.25, 0.3) is 0 Å². The van der Waals surface area contributed by atoms with Crippen molar-refractivity contribution in [1.29, 1.82) is 0 Å². The van der Waals surface area contributed by atoms with E-state index in [0.29, 0.717) is 6.07 Å². The second-order valence-corrected chi connectivity index (χ2v) is 4.08. The van der Waals surface area contributed by atoms with Gasteiger partial charge in [0.05, 0.1) is 7.11 Å². The van der Waals surface area contributed by atoms with E-state index >= 15 is 0 Å². The minimum atomic E-state index is -4.97. The second-order valence-electron chi connectivity index (χ2n) is 4.08. The molecule has 0 amide bonds. The van der Waals surface area contributed by atoms with Gasteiger partial charge in [-0.25, -0.2) is 9.18 Å². The SMILES string of the molecule is COC/C(O)=C(\N=Nc1ccc(OC(F)(F)F)cc1F)C(=O)OC. The minimum Gasteiger partial charge on any atom is -0.507 e. The third kappa shape index (κ3) is 5.83. The molecule has 0 saturated heterocycles. The van der Waals surface area contributed by atoms with Crippen LogP contribution >= 0.6 is 0 Å². The number of esters is 1. The topological polar surface area (TPSA) is 89.7 Å². The van der Waals surface area contributed by atoms with Crippen LogP contribution in [0.3, 0.4) is 0 Å². The van der Waals surface area contributed by atoms with Crippen molar-refractivity contribution in [2.45, 2.75) is 6.36 Å². The Labute approximate surface area is 133 Å². The molecule has 132 valence electrons. The van der Waals surface area contributed by atoms with Crippen LogP contribution < -0.4 is 4.74 Å². The van der Waals surface area contributed by atoms with Gasteiger partial charge in [-0.2, -0.15) is 0 Å². The van der Waals surface area contributed by atoms with E-state index in [0.717, 1.165) is 19.2 Å². The highest BCUT2D eigenvalue weighted by atomic mass is 19.4. The Morgan fingerprint density at radius 3 is 2.46 bits per heavy atom. The number of azo groups is 1. The van der Waals surface area contributed by atoms with Gasteiger partial charge in [0.1, 0.15) is 18.0 Å². The maximum Gasteiger partial charge on any atom is 0.573 e. The highest BCUT2D eigenvalue weighted by molar-refractivity contribution is 5.88. The summed E-state index contributed by atoms with van der Waals surface area (Å²) in [7, 11) is 2.25. The van der Waals surface area contributed by atoms with Gasteiger partial charge >= 0.3 is 12.3 Å². The fourth-order valence-electron chi connectivity index (χ4n) is 1.39. The lowest BCUT2D eigenvalue weighted by molar-refractivity contribution is -0.274. The van der Waals surface area contributed by atoms with Gasteiger partial charge in [-0.3, -0.25) is 0 Å². The van der Waals surface area contributed by atoms with Gasteiger partial charge in [0.15, 0.2) is 11.6 Å². The van der Waals surface area contributed by atoms with E-state index < -0.39 is 41.0 Å². The molecule has 0 spiro atoms. The number of hydrogen-bond donors (Lipinski definition) is 1. The van der Waals surface area contributed by atoms with Crippen molar-refractivity contribution in [3.63, 3.8) is 0 Å². The van der Waals surface area contributed by atoms with Crippen LogP contribution in [-0.2, 0) is 14.3 Å². The van der Waals surface area contributed by atoms with Gasteiger partial charge < -0.3 is 19.3 Å². The zero-order valence-corrected chi connectivity index (χ0v) is 12.4. The molecular formula is C13H12F4N2O5. The summed E-state index contributed by atoms with van der Waals surface area (Å²) >= 11 is 0. The normalized spacial score (nSPS) is 12.9. The standard InChI is InChI=1S/C13H12F4N2O5/c1-22-6-10(20)11(12(21)23-2)19-18-9-4-3-7(5-8(9)14)24-13(15,16)17/h3-5,20H,6H2,1-2H3/b11-10+,19-18?. The lowest BCUT2D eigenvalue weighted by atomic mass is 10.3. The van der Waals surface area contributed by atoms with Crippen LogP contribution in [0.2, 0.25) is 0 Å². The first-order valence-electron chi connectivity index (χ1n) is 6.14. The Morgan fingerprint density at radius 2 is 1.96 bits per heavy atom. The molecule has 0 atom stereocenters. The summed E-state index contributed by atoms with van der Waals surface area (Å²) in [5.41, 5.74) is -1.13. The Balaban J connectivity index is 3.07. The van der Waals surface area contributed by atoms with Crippen molar-refractivity contribution >= 4 is 11.7 Å². The van der Waals surface area contributed by atoms with Gasteiger partial charge in [-0.05, 0) is 12.1 Å². The summed E-state index contributed by atoms with van der Waals surface area (Å²) in [6.45, 7) is -0.385. The van der Waals surface area contributed by atoms with E-state index in [1.54, 1.807) is 0 Å². The third-order valence-corrected chi connectivity index (χ3v) is 2.34. The number of methoxy groups -OCH3 is 2. The van der Waals surface area contributed by atoms with Gasteiger partial charge in [0.2, 0.25) is 5.70 Å². The minimum absolute atomic E-state index is 0.385. The Bertz CT molecular complexity index is 658. The smallest absolute Gasteiger partial charge is 0.507 e. The fraction of sp³-hybridized carbons (Fsp3) is 0.308. The predicted molar refractivity (Wildman–Crippen MR) is 71.1 cm³/mol. The van der Waals surface area contributed by atoms with Crippen LogP contribution in [0.5, 0.6) is 5.75 Å². The van der Waals surface area contributed by atoms with Gasteiger partial charge in [-0.15, -0.1) is 23.4 Å². The Morgan fingerprint density at radius 1 is 1.29 bits per heavy atom. The lowest BCUT2D eigenvalue weighted by Crippen LogP contribution is -2.17. The third-order valence-electron chi connectivity index (χ3n) is 2.34. The monoisotopic (exact) mass is 352 g/mol. The second kappa shape index (κ2) is 8.24. The summed E-state index contributed by atoms with van der Waals surface area (Å²) in [5.74, 6) is -3.66. The van der Waals surface area contributed by atoms with Crippen LogP contribution in [-0.4, -0.2) is 38.3 Å². The Kier molecular flexibility index (Phi) is 6.65. The summed E-state index contributed by atoms with van der Waals surface area (Å²) in [5, 5.41) is 16.3. The quantitative estimate of drug-likeness (QED) is 0.279. The molecule has 0 aliphatic carbocycles. The first-order chi connectivity index (χ1) is 11.2. The van der Waals surface area contributed by atoms with Crippen molar-refractivity contribution < 1.29 is 41.7 Å². The molecular weight excluding hydrogens is 340 g/mol. The molecule has 0 heterocycles. The number of halogens is 4. The summed E-state index contributed by atoms with van der Waals surface area (Å²) in [4.78, 5) is 11.5. The molecule has 1 aromatic carbocycles. The Hall–Kier alpha value is -2.69. The molecule has 0 fully saturated rings. The molecule has 0 unspecified atom stereocenters. The van der Waals surface area contributed by atoms with E-state index in [4.69, 9.17) is 0 Å². The molecule has 0 aliphatic rings. The highest BCUT2D eigenvalue weighted by Gasteiger charge is 2.31. The zero-order valence-electron chi connectivity index (χ0n) is 12.4. The number of hydrogen-bond acceptors (Lipinski definition) is 7. The van der Waals surface area contributed by atoms with Crippen LogP contribution in [0.15, 0.2) is 39.9 Å². The summed E-state index contributed by atoms with van der Waals surface area (Å²) < 4.78 is 62.3. The first-order valence-corrected chi connectivity index (χ1v) is 6.14. The van der Waals surface area contributed by atoms with Crippen molar-refractivity contribution in [1.82, 2.24) is 0 Å². The van der Waals surface area contributed by atoms with Crippen LogP contribution in [0.1, 0.15) is 0 Å². The number of benzene rings is 1. The number of ether oxygens (including phenoxy) is 3. The molecule has 24 heavy (non-hydrogen) atoms. The molecule has 1 aromatic rings. The van der Waals surface area contributed by atoms with E-state index in [-0.39, 0.29) is 6.61 Å². The number of carbonyl (C=O) groups is 1. The van der Waals surface area contributed by atoms with E-state index in [1.807, 2.05) is 0 Å². The van der Waals surface area contributed by atoms with E-state index in [9.17, 15) is 27.5 Å². The van der Waals surface area contributed by atoms with Gasteiger partial charge in [0, 0.05) is 13.2 Å². The lowest BCUT2D eigenvalue weighted by Gasteiger charge is -2.08. The maximum atomic E-state index is 13.7. The number of carbonyl (C=O) groups excluding carboxylic acids is 1. The van der Waals surface area contributed by atoms with Crippen molar-refractivity contribution in [2.75, 3.05) is 20.8 Å². The molecule has 1 rings (SSSR count). The van der Waals surface area contributed by atoms with E-state index in [2.05, 4.69) is 24.4 Å². The van der Waals surface area contributed by atoms with Crippen LogP contribution in [0, 0.1) is 5.82 Å². The molecule has 1 N–H and O–H groups in total. The first kappa shape index (κ1) is 19.4. The average molecular weight is 352 g/mol. The van der Waals surface area contributed by atoms with Gasteiger partial charge in [-0.1, -0.05) is 0 Å². The van der Waals surface area contributed by atoms with Crippen molar-refractivity contribution in [3.8, 4) is 5.75 Å². The van der Waals surface area contributed by atoms with Crippen molar-refractivity contribution in [3.05, 3.63) is 35.5 Å². The zero-order chi connectivity index (χ0) is 18.3. The summed E-state index contributed by atoms with van der Waals surface area (Å²) in [6.07, 6.45) is -4.97. The number of nitrogens with zero attached hydrogens (tertiary/aromatic N) is 2. The number of aliphatic hydroxyl groups excluding tert-OH is 1. The molecule has 0 radical (unpaired) electrons. The van der Waals surface area contributed by atoms with Gasteiger partial charge in [0.25, 0.3) is 0 Å². The predicted octanol–water partition coefficient (Wildman–Crippen LogP) is 3.40. The van der Waals surface area contributed by atoms with Crippen LogP contribution in [0.4, 0.5) is 23.2 Å². The number of rotatable bonds is 6. The maximum absolute atomic E-state index is 13.7. The fourth-order valence-corrected chi connectivity index (χ4v) is 1.39. The highest BCUT2D eigenvalue weighted by Crippen LogP contribution is 2.28. The average Bonchev–Trinajstić information content (AvgIpc) is 2.47. The number of alkyl halides is 3. The van der Waals surface area contributed by atoms with Crippen molar-refractivity contribution in [2.24, 2.45) is 10.2 Å². The number of aliphatic hydroxyl groups is 1. The molecule has 7 nitrogen and oxygen atoms in total. The summed E-state index contributed by atoms with van der Waals surface area (Å²) in [6, 6.07) is 2.10. The molecule has 0 bridgehead atoms.